The van der Waals surface area contributed by atoms with Gasteiger partial charge >= 0.3 is 0 Å². The van der Waals surface area contributed by atoms with Gasteiger partial charge in [0, 0.05) is 18.3 Å². The molecule has 84 valence electrons. The van der Waals surface area contributed by atoms with Crippen LogP contribution in [0.2, 0.25) is 0 Å². The third-order valence-electron chi connectivity index (χ3n) is 2.98. The number of benzene rings is 1. The third-order valence-corrected chi connectivity index (χ3v) is 2.98. The minimum absolute atomic E-state index is 0.330. The summed E-state index contributed by atoms with van der Waals surface area (Å²) >= 11 is 0. The molecule has 1 aliphatic heterocycles. The lowest BCUT2D eigenvalue weighted by Gasteiger charge is -2.27. The third kappa shape index (κ3) is 2.01. The van der Waals surface area contributed by atoms with Gasteiger partial charge in [0.2, 0.25) is 0 Å². The smallest absolute Gasteiger partial charge is 0.0821 e. The molecule has 1 aliphatic rings. The number of hydrogen-bond donors (Lipinski definition) is 0. The molecule has 0 saturated heterocycles. The van der Waals surface area contributed by atoms with Crippen molar-refractivity contribution < 1.29 is 0 Å². The monoisotopic (exact) mass is 214 g/mol. The van der Waals surface area contributed by atoms with Crippen LogP contribution in [-0.2, 0) is 0 Å². The zero-order valence-corrected chi connectivity index (χ0v) is 9.93. The Kier molecular flexibility index (Phi) is 3.09. The second-order valence-electron chi connectivity index (χ2n) is 4.45. The molecular formula is C14H18N2. The molecule has 1 heterocycles. The Balaban J connectivity index is 2.21. The molecule has 0 amide bonds. The molecule has 2 heteroatoms. The molecule has 1 unspecified atom stereocenters. The first-order valence-corrected chi connectivity index (χ1v) is 5.75. The van der Waals surface area contributed by atoms with E-state index in [1.54, 1.807) is 0 Å². The van der Waals surface area contributed by atoms with Crippen molar-refractivity contribution in [1.82, 2.24) is 5.01 Å². The van der Waals surface area contributed by atoms with E-state index in [0.717, 1.165) is 12.1 Å². The van der Waals surface area contributed by atoms with Gasteiger partial charge in [-0.1, -0.05) is 50.8 Å². The van der Waals surface area contributed by atoms with Gasteiger partial charge in [-0.25, -0.2) is 0 Å². The fraction of sp³-hybridized carbons (Fsp3) is 0.357. The minimum Gasteiger partial charge on any atom is -0.262 e. The lowest BCUT2D eigenvalue weighted by atomic mass is 10.0. The normalized spacial score (nSPS) is 19.4. The van der Waals surface area contributed by atoms with Crippen molar-refractivity contribution in [1.29, 1.82) is 0 Å². The molecular weight excluding hydrogens is 196 g/mol. The molecule has 2 rings (SSSR count). The SMILES string of the molecule is C=C(C(C)C)N1N=CCC1c1ccccc1. The Morgan fingerprint density at radius 1 is 1.38 bits per heavy atom. The van der Waals surface area contributed by atoms with E-state index in [9.17, 15) is 0 Å². The molecule has 1 aromatic carbocycles. The van der Waals surface area contributed by atoms with Gasteiger partial charge in [-0.05, 0) is 11.5 Å². The van der Waals surface area contributed by atoms with Crippen molar-refractivity contribution in [3.8, 4) is 0 Å². The predicted molar refractivity (Wildman–Crippen MR) is 68.1 cm³/mol. The largest absolute Gasteiger partial charge is 0.262 e. The summed E-state index contributed by atoms with van der Waals surface area (Å²) < 4.78 is 0. The van der Waals surface area contributed by atoms with Crippen molar-refractivity contribution in [2.24, 2.45) is 11.0 Å². The number of allylic oxidation sites excluding steroid dienone is 1. The Bertz CT molecular complexity index is 392. The number of hydrazone groups is 1. The van der Waals surface area contributed by atoms with Crippen LogP contribution >= 0.6 is 0 Å². The highest BCUT2D eigenvalue weighted by molar-refractivity contribution is 5.61. The van der Waals surface area contributed by atoms with Crippen LogP contribution in [-0.4, -0.2) is 11.2 Å². The van der Waals surface area contributed by atoms with Gasteiger partial charge in [-0.2, -0.15) is 5.10 Å². The van der Waals surface area contributed by atoms with Gasteiger partial charge in [0.1, 0.15) is 0 Å². The summed E-state index contributed by atoms with van der Waals surface area (Å²) in [6, 6.07) is 10.8. The second-order valence-corrected chi connectivity index (χ2v) is 4.45. The molecule has 0 radical (unpaired) electrons. The molecule has 0 spiro atoms. The van der Waals surface area contributed by atoms with Gasteiger partial charge < -0.3 is 0 Å². The maximum absolute atomic E-state index is 4.42. The summed E-state index contributed by atoms with van der Waals surface area (Å²) in [5, 5.41) is 6.48. The van der Waals surface area contributed by atoms with Crippen LogP contribution < -0.4 is 0 Å². The molecule has 16 heavy (non-hydrogen) atoms. The summed E-state index contributed by atoms with van der Waals surface area (Å²) in [6.07, 6.45) is 2.95. The van der Waals surface area contributed by atoms with Gasteiger partial charge in [0.15, 0.2) is 0 Å². The Hall–Kier alpha value is -1.57. The first-order chi connectivity index (χ1) is 7.70. The summed E-state index contributed by atoms with van der Waals surface area (Å²) in [6.45, 7) is 8.43. The fourth-order valence-electron chi connectivity index (χ4n) is 1.91. The topological polar surface area (TPSA) is 15.6 Å². The van der Waals surface area contributed by atoms with E-state index in [-0.39, 0.29) is 0 Å². The van der Waals surface area contributed by atoms with Crippen molar-refractivity contribution in [2.75, 3.05) is 0 Å². The van der Waals surface area contributed by atoms with E-state index in [1.165, 1.54) is 5.56 Å². The van der Waals surface area contributed by atoms with Gasteiger partial charge in [-0.15, -0.1) is 0 Å². The fourth-order valence-corrected chi connectivity index (χ4v) is 1.91. The first-order valence-electron chi connectivity index (χ1n) is 5.75. The molecule has 2 nitrogen and oxygen atoms in total. The van der Waals surface area contributed by atoms with Crippen molar-refractivity contribution in [3.05, 3.63) is 48.2 Å². The van der Waals surface area contributed by atoms with Crippen molar-refractivity contribution in [3.63, 3.8) is 0 Å². The average Bonchev–Trinajstić information content (AvgIpc) is 2.77. The highest BCUT2D eigenvalue weighted by Crippen LogP contribution is 2.32. The standard InChI is InChI=1S/C14H18N2/c1-11(2)12(3)16-14(9-10-15-16)13-7-5-4-6-8-13/h4-8,10-11,14H,3,9H2,1-2H3. The van der Waals surface area contributed by atoms with E-state index in [4.69, 9.17) is 0 Å². The van der Waals surface area contributed by atoms with E-state index in [1.807, 2.05) is 12.3 Å². The lowest BCUT2D eigenvalue weighted by molar-refractivity contribution is 0.273. The van der Waals surface area contributed by atoms with E-state index in [2.05, 4.69) is 54.8 Å². The quantitative estimate of drug-likeness (QED) is 0.750. The summed E-state index contributed by atoms with van der Waals surface area (Å²) in [5.41, 5.74) is 2.39. The van der Waals surface area contributed by atoms with Crippen LogP contribution in [0.4, 0.5) is 0 Å². The summed E-state index contributed by atoms with van der Waals surface area (Å²) in [4.78, 5) is 0. The maximum Gasteiger partial charge on any atom is 0.0821 e. The summed E-state index contributed by atoms with van der Waals surface area (Å²) in [5.74, 6) is 0.432. The molecule has 1 atom stereocenters. The van der Waals surface area contributed by atoms with Crippen molar-refractivity contribution in [2.45, 2.75) is 26.3 Å². The van der Waals surface area contributed by atoms with Gasteiger partial charge in [-0.3, -0.25) is 5.01 Å². The zero-order chi connectivity index (χ0) is 11.5. The van der Waals surface area contributed by atoms with E-state index in [0.29, 0.717) is 12.0 Å². The molecule has 0 fully saturated rings. The molecule has 1 aromatic rings. The number of rotatable bonds is 3. The molecule has 0 aliphatic carbocycles. The second kappa shape index (κ2) is 4.52. The Morgan fingerprint density at radius 3 is 2.69 bits per heavy atom. The predicted octanol–water partition coefficient (Wildman–Crippen LogP) is 3.59. The molecule has 0 aromatic heterocycles. The summed E-state index contributed by atoms with van der Waals surface area (Å²) in [7, 11) is 0. The maximum atomic E-state index is 4.42. The lowest BCUT2D eigenvalue weighted by Crippen LogP contribution is -2.21. The minimum atomic E-state index is 0.330. The van der Waals surface area contributed by atoms with Crippen LogP contribution in [0.5, 0.6) is 0 Å². The zero-order valence-electron chi connectivity index (χ0n) is 9.93. The van der Waals surface area contributed by atoms with Gasteiger partial charge in [0.25, 0.3) is 0 Å². The molecule has 0 bridgehead atoms. The Labute approximate surface area is 97.3 Å². The van der Waals surface area contributed by atoms with Gasteiger partial charge in [0.05, 0.1) is 6.04 Å². The van der Waals surface area contributed by atoms with Crippen molar-refractivity contribution >= 4 is 6.21 Å². The van der Waals surface area contributed by atoms with Crippen LogP contribution in [0, 0.1) is 5.92 Å². The highest BCUT2D eigenvalue weighted by Gasteiger charge is 2.25. The molecule has 0 N–H and O–H groups in total. The van der Waals surface area contributed by atoms with Crippen LogP contribution in [0.1, 0.15) is 31.9 Å². The number of nitrogens with zero attached hydrogens (tertiary/aromatic N) is 2. The number of hydrogen-bond acceptors (Lipinski definition) is 2. The Morgan fingerprint density at radius 2 is 2.06 bits per heavy atom. The highest BCUT2D eigenvalue weighted by atomic mass is 15.5. The van der Waals surface area contributed by atoms with E-state index < -0.39 is 0 Å². The van der Waals surface area contributed by atoms with Crippen LogP contribution in [0.15, 0.2) is 47.7 Å². The molecule has 0 saturated carbocycles. The van der Waals surface area contributed by atoms with Crippen LogP contribution in [0.3, 0.4) is 0 Å². The average molecular weight is 214 g/mol. The first kappa shape index (κ1) is 10.9. The van der Waals surface area contributed by atoms with Crippen LogP contribution in [0.25, 0.3) is 0 Å². The van der Waals surface area contributed by atoms with E-state index >= 15 is 0 Å².